The summed E-state index contributed by atoms with van der Waals surface area (Å²) >= 11 is 0. The van der Waals surface area contributed by atoms with Crippen molar-refractivity contribution in [3.63, 3.8) is 0 Å². The van der Waals surface area contributed by atoms with Crippen LogP contribution < -0.4 is 11.5 Å². The Kier molecular flexibility index (Phi) is 7.97. The number of aliphatic hydroxyl groups excluding tert-OH is 1. The molecule has 0 aliphatic carbocycles. The van der Waals surface area contributed by atoms with Gasteiger partial charge in [0.2, 0.25) is 5.91 Å². The van der Waals surface area contributed by atoms with Crippen LogP contribution in [0, 0.1) is 0 Å². The Morgan fingerprint density at radius 2 is 2.00 bits per heavy atom. The molecule has 2 unspecified atom stereocenters. The molecule has 1 amide bonds. The summed E-state index contributed by atoms with van der Waals surface area (Å²) in [6.45, 7) is 3.36. The molecule has 0 aliphatic heterocycles. The topological polar surface area (TPSA) is 92.6 Å². The van der Waals surface area contributed by atoms with E-state index in [2.05, 4.69) is 6.92 Å². The van der Waals surface area contributed by atoms with Gasteiger partial charge >= 0.3 is 0 Å². The van der Waals surface area contributed by atoms with Crippen molar-refractivity contribution in [2.24, 2.45) is 11.5 Å². The van der Waals surface area contributed by atoms with Crippen LogP contribution in [0.25, 0.3) is 0 Å². The monoisotopic (exact) mass is 293 g/mol. The first-order valence-electron chi connectivity index (χ1n) is 7.51. The molecule has 21 heavy (non-hydrogen) atoms. The number of rotatable bonds is 10. The molecule has 0 saturated carbocycles. The maximum Gasteiger partial charge on any atom is 0.231 e. The van der Waals surface area contributed by atoms with E-state index >= 15 is 0 Å². The summed E-state index contributed by atoms with van der Waals surface area (Å²) in [7, 11) is 0. The standard InChI is InChI=1S/C16H27N3O2/c1-2-3-9-19(12-16(18)21)11-15(20)14(17)10-13-7-5-4-6-8-13/h4-8,14-15,20H,2-3,9-12,17H2,1H3,(H2,18,21). The molecule has 0 bridgehead atoms. The van der Waals surface area contributed by atoms with Gasteiger partial charge in [-0.1, -0.05) is 43.7 Å². The van der Waals surface area contributed by atoms with Crippen LogP contribution >= 0.6 is 0 Å². The van der Waals surface area contributed by atoms with E-state index in [4.69, 9.17) is 11.5 Å². The summed E-state index contributed by atoms with van der Waals surface area (Å²) in [5, 5.41) is 10.2. The molecule has 0 spiro atoms. The van der Waals surface area contributed by atoms with Crippen LogP contribution in [0.4, 0.5) is 0 Å². The van der Waals surface area contributed by atoms with Crippen LogP contribution in [0.2, 0.25) is 0 Å². The summed E-state index contributed by atoms with van der Waals surface area (Å²) in [6, 6.07) is 9.48. The second-order valence-corrected chi connectivity index (χ2v) is 5.48. The highest BCUT2D eigenvalue weighted by atomic mass is 16.3. The van der Waals surface area contributed by atoms with Crippen LogP contribution in [0.5, 0.6) is 0 Å². The smallest absolute Gasteiger partial charge is 0.231 e. The number of hydrogen-bond donors (Lipinski definition) is 3. The van der Waals surface area contributed by atoms with Crippen LogP contribution in [-0.2, 0) is 11.2 Å². The van der Waals surface area contributed by atoms with Crippen molar-refractivity contribution in [3.8, 4) is 0 Å². The van der Waals surface area contributed by atoms with Gasteiger partial charge in [-0.25, -0.2) is 0 Å². The Balaban J connectivity index is 2.50. The zero-order valence-corrected chi connectivity index (χ0v) is 12.7. The minimum atomic E-state index is -0.679. The fourth-order valence-electron chi connectivity index (χ4n) is 2.26. The number of unbranched alkanes of at least 4 members (excludes halogenated alkanes) is 1. The van der Waals surface area contributed by atoms with Gasteiger partial charge in [-0.15, -0.1) is 0 Å². The van der Waals surface area contributed by atoms with E-state index in [1.165, 1.54) is 0 Å². The average Bonchev–Trinajstić information content (AvgIpc) is 2.45. The molecule has 0 fully saturated rings. The third-order valence-corrected chi connectivity index (χ3v) is 3.46. The number of carbonyl (C=O) groups excluding carboxylic acids is 1. The van der Waals surface area contributed by atoms with Gasteiger partial charge in [0, 0.05) is 12.6 Å². The van der Waals surface area contributed by atoms with Crippen molar-refractivity contribution < 1.29 is 9.90 Å². The molecule has 1 aromatic rings. The predicted molar refractivity (Wildman–Crippen MR) is 84.7 cm³/mol. The molecule has 2 atom stereocenters. The Morgan fingerprint density at radius 3 is 2.57 bits per heavy atom. The number of nitrogens with zero attached hydrogens (tertiary/aromatic N) is 1. The minimum absolute atomic E-state index is 0.162. The molecule has 118 valence electrons. The van der Waals surface area contributed by atoms with Gasteiger partial charge in [0.15, 0.2) is 0 Å². The van der Waals surface area contributed by atoms with Gasteiger partial charge in [-0.3, -0.25) is 9.69 Å². The van der Waals surface area contributed by atoms with Gasteiger partial charge in [0.05, 0.1) is 12.6 Å². The van der Waals surface area contributed by atoms with E-state index in [0.717, 1.165) is 24.9 Å². The minimum Gasteiger partial charge on any atom is -0.390 e. The summed E-state index contributed by atoms with van der Waals surface area (Å²) in [5.41, 5.74) is 12.4. The molecule has 0 aromatic heterocycles. The summed E-state index contributed by atoms with van der Waals surface area (Å²) < 4.78 is 0. The van der Waals surface area contributed by atoms with E-state index in [-0.39, 0.29) is 18.5 Å². The van der Waals surface area contributed by atoms with Gasteiger partial charge in [0.25, 0.3) is 0 Å². The molecule has 5 N–H and O–H groups in total. The third-order valence-electron chi connectivity index (χ3n) is 3.46. The van der Waals surface area contributed by atoms with Crippen molar-refractivity contribution in [1.82, 2.24) is 4.90 Å². The lowest BCUT2D eigenvalue weighted by Gasteiger charge is -2.27. The quantitative estimate of drug-likeness (QED) is 0.586. The average molecular weight is 293 g/mol. The maximum absolute atomic E-state index is 11.1. The van der Waals surface area contributed by atoms with E-state index in [0.29, 0.717) is 13.0 Å². The lowest BCUT2D eigenvalue weighted by Crippen LogP contribution is -2.47. The van der Waals surface area contributed by atoms with Crippen molar-refractivity contribution >= 4 is 5.91 Å². The van der Waals surface area contributed by atoms with Crippen LogP contribution in [0.1, 0.15) is 25.3 Å². The molecule has 5 nitrogen and oxygen atoms in total. The lowest BCUT2D eigenvalue weighted by atomic mass is 10.0. The summed E-state index contributed by atoms with van der Waals surface area (Å²) in [6.07, 6.45) is 1.93. The molecule has 1 aromatic carbocycles. The first-order valence-corrected chi connectivity index (χ1v) is 7.51. The predicted octanol–water partition coefficient (Wildman–Crippen LogP) is 0.505. The Hall–Kier alpha value is -1.43. The first-order chi connectivity index (χ1) is 10.0. The molecule has 5 heteroatoms. The van der Waals surface area contributed by atoms with Gasteiger partial charge < -0.3 is 16.6 Å². The van der Waals surface area contributed by atoms with E-state index in [1.54, 1.807) is 0 Å². The lowest BCUT2D eigenvalue weighted by molar-refractivity contribution is -0.119. The summed E-state index contributed by atoms with van der Waals surface area (Å²) in [5.74, 6) is -0.380. The number of amides is 1. The van der Waals surface area contributed by atoms with E-state index in [9.17, 15) is 9.90 Å². The van der Waals surface area contributed by atoms with Crippen LogP contribution in [-0.4, -0.2) is 47.7 Å². The second kappa shape index (κ2) is 9.50. The molecule has 0 radical (unpaired) electrons. The number of benzene rings is 1. The van der Waals surface area contributed by atoms with Crippen LogP contribution in [0.3, 0.4) is 0 Å². The van der Waals surface area contributed by atoms with E-state index in [1.807, 2.05) is 35.2 Å². The fourth-order valence-corrected chi connectivity index (χ4v) is 2.26. The van der Waals surface area contributed by atoms with Crippen molar-refractivity contribution in [3.05, 3.63) is 35.9 Å². The molecule has 0 aliphatic rings. The van der Waals surface area contributed by atoms with Gasteiger partial charge in [-0.2, -0.15) is 0 Å². The summed E-state index contributed by atoms with van der Waals surface area (Å²) in [4.78, 5) is 13.0. The zero-order valence-electron chi connectivity index (χ0n) is 12.7. The SMILES string of the molecule is CCCCN(CC(N)=O)CC(O)C(N)Cc1ccccc1. The highest BCUT2D eigenvalue weighted by Crippen LogP contribution is 2.06. The Labute approximate surface area is 126 Å². The van der Waals surface area contributed by atoms with Crippen molar-refractivity contribution in [2.45, 2.75) is 38.3 Å². The number of hydrogen-bond acceptors (Lipinski definition) is 4. The molecule has 1 rings (SSSR count). The normalized spacial score (nSPS) is 14.1. The Bertz CT molecular complexity index is 411. The van der Waals surface area contributed by atoms with Crippen molar-refractivity contribution in [1.29, 1.82) is 0 Å². The first kappa shape index (κ1) is 17.6. The molecular formula is C16H27N3O2. The third kappa shape index (κ3) is 7.22. The number of aliphatic hydroxyl groups is 1. The second-order valence-electron chi connectivity index (χ2n) is 5.48. The maximum atomic E-state index is 11.1. The molecule has 0 saturated heterocycles. The zero-order chi connectivity index (χ0) is 15.7. The largest absolute Gasteiger partial charge is 0.390 e. The number of primary amides is 1. The Morgan fingerprint density at radius 1 is 1.33 bits per heavy atom. The van der Waals surface area contributed by atoms with Crippen LogP contribution in [0.15, 0.2) is 30.3 Å². The van der Waals surface area contributed by atoms with Gasteiger partial charge in [0.1, 0.15) is 0 Å². The fraction of sp³-hybridized carbons (Fsp3) is 0.562. The highest BCUT2D eigenvalue weighted by molar-refractivity contribution is 5.75. The van der Waals surface area contributed by atoms with Crippen molar-refractivity contribution in [2.75, 3.05) is 19.6 Å². The van der Waals surface area contributed by atoms with E-state index < -0.39 is 6.10 Å². The number of nitrogens with two attached hydrogens (primary N) is 2. The van der Waals surface area contributed by atoms with Gasteiger partial charge in [-0.05, 0) is 24.9 Å². The molecule has 0 heterocycles. The molecular weight excluding hydrogens is 266 g/mol. The highest BCUT2D eigenvalue weighted by Gasteiger charge is 2.19. The number of carbonyl (C=O) groups is 1.